The molecule has 4 aromatic rings. The summed E-state index contributed by atoms with van der Waals surface area (Å²) in [4.78, 5) is 15.3. The highest BCUT2D eigenvalue weighted by atomic mass is 16.2. The lowest BCUT2D eigenvalue weighted by Crippen LogP contribution is -2.28. The van der Waals surface area contributed by atoms with Crippen LogP contribution in [0.4, 0.5) is 0 Å². The second kappa shape index (κ2) is 8.37. The number of amides is 1. The fraction of sp³-hybridized carbons (Fsp3) is 0.208. The van der Waals surface area contributed by atoms with E-state index in [2.05, 4.69) is 5.10 Å². The molecule has 0 N–H and O–H groups in total. The minimum Gasteiger partial charge on any atom is -0.336 e. The van der Waals surface area contributed by atoms with E-state index in [0.29, 0.717) is 17.8 Å². The minimum absolute atomic E-state index is 0.0580. The molecule has 152 valence electrons. The molecule has 6 nitrogen and oxygen atoms in total. The molecule has 2 heterocycles. The largest absolute Gasteiger partial charge is 0.336 e. The standard InChI is InChI=1S/C24H25N5O/c1-4-28-21(15-16-25-28)17-27(3)24(30)22-18(2)29(20-13-9-6-10-14-20)26-23(22)19-11-7-5-8-12-19/h5-16H,4,17H2,1-3H3. The highest BCUT2D eigenvalue weighted by Crippen LogP contribution is 2.28. The van der Waals surface area contributed by atoms with Crippen molar-refractivity contribution in [2.75, 3.05) is 7.05 Å². The van der Waals surface area contributed by atoms with Crippen molar-refractivity contribution in [1.29, 1.82) is 0 Å². The predicted octanol–water partition coefficient (Wildman–Crippen LogP) is 4.34. The van der Waals surface area contributed by atoms with Crippen molar-refractivity contribution in [3.63, 3.8) is 0 Å². The fourth-order valence-electron chi connectivity index (χ4n) is 3.66. The van der Waals surface area contributed by atoms with Crippen molar-refractivity contribution in [3.8, 4) is 16.9 Å². The number of rotatable bonds is 6. The first-order valence-corrected chi connectivity index (χ1v) is 10.1. The van der Waals surface area contributed by atoms with Gasteiger partial charge in [0.15, 0.2) is 0 Å². The first-order chi connectivity index (χ1) is 14.6. The Balaban J connectivity index is 1.77. The van der Waals surface area contributed by atoms with Gasteiger partial charge in [-0.05, 0) is 32.0 Å². The number of aryl methyl sites for hydroxylation is 1. The summed E-state index contributed by atoms with van der Waals surface area (Å²) in [6, 6.07) is 21.7. The van der Waals surface area contributed by atoms with Gasteiger partial charge >= 0.3 is 0 Å². The molecule has 2 aromatic carbocycles. The molecule has 0 atom stereocenters. The summed E-state index contributed by atoms with van der Waals surface area (Å²) in [7, 11) is 1.82. The smallest absolute Gasteiger partial charge is 0.258 e. The number of nitrogens with zero attached hydrogens (tertiary/aromatic N) is 5. The van der Waals surface area contributed by atoms with Crippen LogP contribution in [-0.2, 0) is 13.1 Å². The van der Waals surface area contributed by atoms with E-state index in [0.717, 1.165) is 29.2 Å². The van der Waals surface area contributed by atoms with Gasteiger partial charge in [0, 0.05) is 25.4 Å². The van der Waals surface area contributed by atoms with E-state index in [4.69, 9.17) is 5.10 Å². The molecule has 0 unspecified atom stereocenters. The van der Waals surface area contributed by atoms with E-state index in [-0.39, 0.29) is 5.91 Å². The van der Waals surface area contributed by atoms with Gasteiger partial charge in [-0.15, -0.1) is 0 Å². The Labute approximate surface area is 176 Å². The molecule has 0 fully saturated rings. The van der Waals surface area contributed by atoms with Crippen LogP contribution in [0.15, 0.2) is 72.9 Å². The van der Waals surface area contributed by atoms with Crippen molar-refractivity contribution in [2.24, 2.45) is 0 Å². The molecule has 0 saturated carbocycles. The maximum atomic E-state index is 13.6. The summed E-state index contributed by atoms with van der Waals surface area (Å²) in [5, 5.41) is 9.14. The number of hydrogen-bond acceptors (Lipinski definition) is 3. The van der Waals surface area contributed by atoms with E-state index in [1.165, 1.54) is 0 Å². The van der Waals surface area contributed by atoms with Gasteiger partial charge in [-0.25, -0.2) is 4.68 Å². The van der Waals surface area contributed by atoms with Gasteiger partial charge in [-0.3, -0.25) is 9.48 Å². The maximum Gasteiger partial charge on any atom is 0.258 e. The van der Waals surface area contributed by atoms with Gasteiger partial charge in [0.2, 0.25) is 0 Å². The summed E-state index contributed by atoms with van der Waals surface area (Å²) >= 11 is 0. The minimum atomic E-state index is -0.0580. The van der Waals surface area contributed by atoms with E-state index in [1.807, 2.05) is 97.0 Å². The zero-order valence-corrected chi connectivity index (χ0v) is 17.5. The summed E-state index contributed by atoms with van der Waals surface area (Å²) in [5.74, 6) is -0.0580. The van der Waals surface area contributed by atoms with Crippen LogP contribution in [0.5, 0.6) is 0 Å². The zero-order chi connectivity index (χ0) is 21.1. The quantitative estimate of drug-likeness (QED) is 0.485. The van der Waals surface area contributed by atoms with Gasteiger partial charge in [-0.2, -0.15) is 10.2 Å². The monoisotopic (exact) mass is 399 g/mol. The number of hydrogen-bond donors (Lipinski definition) is 0. The third kappa shape index (κ3) is 3.64. The molecule has 30 heavy (non-hydrogen) atoms. The topological polar surface area (TPSA) is 56.0 Å². The van der Waals surface area contributed by atoms with E-state index < -0.39 is 0 Å². The third-order valence-corrected chi connectivity index (χ3v) is 5.23. The molecule has 0 bridgehead atoms. The first-order valence-electron chi connectivity index (χ1n) is 10.1. The SMILES string of the molecule is CCn1nccc1CN(C)C(=O)c1c(-c2ccccc2)nn(-c2ccccc2)c1C. The van der Waals surface area contributed by atoms with E-state index >= 15 is 0 Å². The summed E-state index contributed by atoms with van der Waals surface area (Å²) in [6.45, 7) is 5.24. The number of para-hydroxylation sites is 1. The Morgan fingerprint density at radius 2 is 1.67 bits per heavy atom. The molecule has 0 spiro atoms. The van der Waals surface area contributed by atoms with Crippen LogP contribution in [0.25, 0.3) is 16.9 Å². The molecular formula is C24H25N5O. The zero-order valence-electron chi connectivity index (χ0n) is 17.5. The van der Waals surface area contributed by atoms with Crippen LogP contribution < -0.4 is 0 Å². The number of benzene rings is 2. The van der Waals surface area contributed by atoms with Crippen molar-refractivity contribution < 1.29 is 4.79 Å². The van der Waals surface area contributed by atoms with Crippen LogP contribution in [0.2, 0.25) is 0 Å². The predicted molar refractivity (Wildman–Crippen MR) is 117 cm³/mol. The Kier molecular flexibility index (Phi) is 5.48. The van der Waals surface area contributed by atoms with Gasteiger partial charge in [0.05, 0.1) is 29.2 Å². The maximum absolute atomic E-state index is 13.6. The Morgan fingerprint density at radius 3 is 2.33 bits per heavy atom. The van der Waals surface area contributed by atoms with Gasteiger partial charge in [0.25, 0.3) is 5.91 Å². The van der Waals surface area contributed by atoms with Crippen molar-refractivity contribution in [1.82, 2.24) is 24.5 Å². The average Bonchev–Trinajstić information content (AvgIpc) is 3.38. The molecule has 4 rings (SSSR count). The van der Waals surface area contributed by atoms with Crippen LogP contribution in [0.3, 0.4) is 0 Å². The number of aromatic nitrogens is 4. The highest BCUT2D eigenvalue weighted by molar-refractivity contribution is 6.01. The lowest BCUT2D eigenvalue weighted by atomic mass is 10.0. The van der Waals surface area contributed by atoms with Crippen LogP contribution in [0.1, 0.15) is 28.7 Å². The van der Waals surface area contributed by atoms with Crippen LogP contribution in [0, 0.1) is 6.92 Å². The first kappa shape index (κ1) is 19.6. The summed E-state index contributed by atoms with van der Waals surface area (Å²) in [5.41, 5.74) is 4.99. The Bertz CT molecular complexity index is 1150. The average molecular weight is 399 g/mol. The highest BCUT2D eigenvalue weighted by Gasteiger charge is 2.26. The van der Waals surface area contributed by atoms with Crippen molar-refractivity contribution in [3.05, 3.63) is 89.9 Å². The van der Waals surface area contributed by atoms with E-state index in [1.54, 1.807) is 11.1 Å². The molecule has 0 aliphatic rings. The summed E-state index contributed by atoms with van der Waals surface area (Å²) < 4.78 is 3.75. The van der Waals surface area contributed by atoms with E-state index in [9.17, 15) is 4.79 Å². The van der Waals surface area contributed by atoms with Gasteiger partial charge in [-0.1, -0.05) is 48.5 Å². The third-order valence-electron chi connectivity index (χ3n) is 5.23. The number of carbonyl (C=O) groups excluding carboxylic acids is 1. The lowest BCUT2D eigenvalue weighted by Gasteiger charge is -2.18. The van der Waals surface area contributed by atoms with Crippen LogP contribution in [-0.4, -0.2) is 37.4 Å². The second-order valence-electron chi connectivity index (χ2n) is 7.22. The normalized spacial score (nSPS) is 10.9. The molecule has 1 amide bonds. The fourth-order valence-corrected chi connectivity index (χ4v) is 3.66. The van der Waals surface area contributed by atoms with Gasteiger partial charge < -0.3 is 4.90 Å². The molecule has 0 radical (unpaired) electrons. The van der Waals surface area contributed by atoms with Crippen molar-refractivity contribution in [2.45, 2.75) is 26.9 Å². The molecule has 2 aromatic heterocycles. The van der Waals surface area contributed by atoms with Crippen molar-refractivity contribution >= 4 is 5.91 Å². The summed E-state index contributed by atoms with van der Waals surface area (Å²) in [6.07, 6.45) is 1.77. The molecule has 0 aliphatic heterocycles. The van der Waals surface area contributed by atoms with Gasteiger partial charge in [0.1, 0.15) is 5.69 Å². The molecule has 0 saturated heterocycles. The lowest BCUT2D eigenvalue weighted by molar-refractivity contribution is 0.0781. The molecule has 0 aliphatic carbocycles. The Hall–Kier alpha value is -3.67. The number of carbonyl (C=O) groups is 1. The second-order valence-corrected chi connectivity index (χ2v) is 7.22. The Morgan fingerprint density at radius 1 is 1.00 bits per heavy atom. The molecular weight excluding hydrogens is 374 g/mol. The van der Waals surface area contributed by atoms with Crippen LogP contribution >= 0.6 is 0 Å². The molecule has 6 heteroatoms.